The minimum Gasteiger partial charge on any atom is -0.398 e. The molecule has 98 valence electrons. The molecule has 1 saturated heterocycles. The van der Waals surface area contributed by atoms with Crippen LogP contribution in [0, 0.1) is 0 Å². The number of hydrogen-bond donors (Lipinski definition) is 2. The van der Waals surface area contributed by atoms with E-state index in [1.54, 1.807) is 0 Å². The zero-order valence-corrected chi connectivity index (χ0v) is 11.1. The molecule has 2 nitrogen and oxygen atoms in total. The molecule has 0 saturated carbocycles. The lowest BCUT2D eigenvalue weighted by Gasteiger charge is -2.26. The van der Waals surface area contributed by atoms with Crippen LogP contribution in [0.3, 0.4) is 0 Å². The fourth-order valence-electron chi connectivity index (χ4n) is 3.02. The van der Waals surface area contributed by atoms with Crippen LogP contribution in [-0.2, 0) is 0 Å². The van der Waals surface area contributed by atoms with E-state index in [0.29, 0.717) is 5.92 Å². The van der Waals surface area contributed by atoms with E-state index in [1.165, 1.54) is 29.5 Å². The minimum atomic E-state index is 0.581. The highest BCUT2D eigenvalue weighted by atomic mass is 14.9. The van der Waals surface area contributed by atoms with Gasteiger partial charge >= 0.3 is 0 Å². The van der Waals surface area contributed by atoms with Gasteiger partial charge in [-0.1, -0.05) is 42.5 Å². The summed E-state index contributed by atoms with van der Waals surface area (Å²) in [4.78, 5) is 0. The van der Waals surface area contributed by atoms with Crippen LogP contribution in [0.1, 0.15) is 24.3 Å². The molecule has 0 bridgehead atoms. The van der Waals surface area contributed by atoms with Gasteiger partial charge in [0.2, 0.25) is 0 Å². The summed E-state index contributed by atoms with van der Waals surface area (Å²) in [6.07, 6.45) is 2.35. The zero-order chi connectivity index (χ0) is 13.1. The van der Waals surface area contributed by atoms with Gasteiger partial charge in [-0.15, -0.1) is 0 Å². The van der Waals surface area contributed by atoms with Gasteiger partial charge in [0.1, 0.15) is 0 Å². The number of piperidine rings is 1. The monoisotopic (exact) mass is 252 g/mol. The van der Waals surface area contributed by atoms with Crippen LogP contribution in [0.15, 0.2) is 48.5 Å². The summed E-state index contributed by atoms with van der Waals surface area (Å²) in [5.41, 5.74) is 11.1. The Morgan fingerprint density at radius 3 is 2.37 bits per heavy atom. The van der Waals surface area contributed by atoms with Crippen LogP contribution >= 0.6 is 0 Å². The molecular weight excluding hydrogens is 232 g/mol. The van der Waals surface area contributed by atoms with Gasteiger partial charge in [0.25, 0.3) is 0 Å². The summed E-state index contributed by atoms with van der Waals surface area (Å²) >= 11 is 0. The van der Waals surface area contributed by atoms with Gasteiger partial charge in [0.05, 0.1) is 0 Å². The van der Waals surface area contributed by atoms with E-state index in [-0.39, 0.29) is 0 Å². The summed E-state index contributed by atoms with van der Waals surface area (Å²) in [6, 6.07) is 16.9. The molecule has 0 atom stereocenters. The van der Waals surface area contributed by atoms with Gasteiger partial charge in [0.15, 0.2) is 0 Å². The highest BCUT2D eigenvalue weighted by Gasteiger charge is 2.20. The maximum atomic E-state index is 6.27. The third kappa shape index (κ3) is 2.49. The van der Waals surface area contributed by atoms with E-state index in [0.717, 1.165) is 18.8 Å². The van der Waals surface area contributed by atoms with Crippen molar-refractivity contribution in [3.05, 3.63) is 54.1 Å². The van der Waals surface area contributed by atoms with Crippen LogP contribution in [0.5, 0.6) is 0 Å². The number of hydrogen-bond acceptors (Lipinski definition) is 2. The van der Waals surface area contributed by atoms with Crippen molar-refractivity contribution in [2.75, 3.05) is 18.8 Å². The van der Waals surface area contributed by atoms with Crippen LogP contribution in [0.4, 0.5) is 5.69 Å². The fraction of sp³-hybridized carbons (Fsp3) is 0.294. The predicted octanol–water partition coefficient (Wildman–Crippen LogP) is 3.40. The summed E-state index contributed by atoms with van der Waals surface area (Å²) in [5.74, 6) is 0.581. The highest BCUT2D eigenvalue weighted by Crippen LogP contribution is 2.37. The third-order valence-electron chi connectivity index (χ3n) is 3.97. The SMILES string of the molecule is Nc1cccc(-c2ccccc2)c1C1CCNCC1. The number of rotatable bonds is 2. The molecule has 2 heteroatoms. The quantitative estimate of drug-likeness (QED) is 0.804. The summed E-state index contributed by atoms with van der Waals surface area (Å²) in [5, 5.41) is 3.42. The fourth-order valence-corrected chi connectivity index (χ4v) is 3.02. The molecule has 1 aliphatic heterocycles. The lowest BCUT2D eigenvalue weighted by atomic mass is 9.84. The Hall–Kier alpha value is -1.80. The smallest absolute Gasteiger partial charge is 0.0355 e. The maximum absolute atomic E-state index is 6.27. The van der Waals surface area contributed by atoms with E-state index in [2.05, 4.69) is 47.8 Å². The molecule has 1 aliphatic rings. The number of nitrogens with one attached hydrogen (secondary N) is 1. The third-order valence-corrected chi connectivity index (χ3v) is 3.97. The predicted molar refractivity (Wildman–Crippen MR) is 81.1 cm³/mol. The normalized spacial score (nSPS) is 16.4. The molecule has 0 aliphatic carbocycles. The van der Waals surface area contributed by atoms with Gasteiger partial charge in [0, 0.05) is 5.69 Å². The molecule has 0 radical (unpaired) electrons. The molecule has 0 amide bonds. The second-order valence-corrected chi connectivity index (χ2v) is 5.20. The molecule has 0 aromatic heterocycles. The Morgan fingerprint density at radius 2 is 1.63 bits per heavy atom. The highest BCUT2D eigenvalue weighted by molar-refractivity contribution is 5.74. The van der Waals surface area contributed by atoms with E-state index in [9.17, 15) is 0 Å². The minimum absolute atomic E-state index is 0.581. The van der Waals surface area contributed by atoms with Crippen molar-refractivity contribution in [1.82, 2.24) is 5.32 Å². The molecule has 3 N–H and O–H groups in total. The van der Waals surface area contributed by atoms with Crippen LogP contribution < -0.4 is 11.1 Å². The molecule has 1 heterocycles. The van der Waals surface area contributed by atoms with Crippen LogP contribution in [0.25, 0.3) is 11.1 Å². The van der Waals surface area contributed by atoms with Crippen molar-refractivity contribution < 1.29 is 0 Å². The summed E-state index contributed by atoms with van der Waals surface area (Å²) in [6.45, 7) is 2.18. The van der Waals surface area contributed by atoms with E-state index in [4.69, 9.17) is 5.73 Å². The van der Waals surface area contributed by atoms with E-state index < -0.39 is 0 Å². The Balaban J connectivity index is 2.07. The number of benzene rings is 2. The van der Waals surface area contributed by atoms with Gasteiger partial charge in [-0.2, -0.15) is 0 Å². The maximum Gasteiger partial charge on any atom is 0.0355 e. The molecule has 1 fully saturated rings. The van der Waals surface area contributed by atoms with Crippen LogP contribution in [0.2, 0.25) is 0 Å². The first-order valence-corrected chi connectivity index (χ1v) is 7.01. The molecule has 0 unspecified atom stereocenters. The average molecular weight is 252 g/mol. The first-order chi connectivity index (χ1) is 9.36. The number of nitrogens with two attached hydrogens (primary N) is 1. The number of nitrogen functional groups attached to an aromatic ring is 1. The lowest BCUT2D eigenvalue weighted by Crippen LogP contribution is -2.27. The lowest BCUT2D eigenvalue weighted by molar-refractivity contribution is 0.462. The zero-order valence-electron chi connectivity index (χ0n) is 11.1. The Morgan fingerprint density at radius 1 is 0.895 bits per heavy atom. The second-order valence-electron chi connectivity index (χ2n) is 5.20. The van der Waals surface area contributed by atoms with Crippen LogP contribution in [-0.4, -0.2) is 13.1 Å². The number of anilines is 1. The van der Waals surface area contributed by atoms with Gasteiger partial charge < -0.3 is 11.1 Å². The molecule has 3 rings (SSSR count). The first kappa shape index (κ1) is 12.2. The summed E-state index contributed by atoms with van der Waals surface area (Å²) < 4.78 is 0. The van der Waals surface area contributed by atoms with Gasteiger partial charge in [-0.25, -0.2) is 0 Å². The Kier molecular flexibility index (Phi) is 3.51. The second kappa shape index (κ2) is 5.45. The average Bonchev–Trinajstić information content (AvgIpc) is 2.49. The first-order valence-electron chi connectivity index (χ1n) is 7.01. The molecule has 2 aromatic rings. The topological polar surface area (TPSA) is 38.0 Å². The van der Waals surface area contributed by atoms with E-state index in [1.807, 2.05) is 6.07 Å². The molecule has 19 heavy (non-hydrogen) atoms. The van der Waals surface area contributed by atoms with Crippen molar-refractivity contribution >= 4 is 5.69 Å². The standard InChI is InChI=1S/C17H20N2/c18-16-8-4-7-15(13-5-2-1-3-6-13)17(16)14-9-11-19-12-10-14/h1-8,14,19H,9-12,18H2. The van der Waals surface area contributed by atoms with E-state index >= 15 is 0 Å². The Bertz CT molecular complexity index is 542. The molecular formula is C17H20N2. The molecule has 0 spiro atoms. The van der Waals surface area contributed by atoms with Crippen molar-refractivity contribution in [2.45, 2.75) is 18.8 Å². The summed E-state index contributed by atoms with van der Waals surface area (Å²) in [7, 11) is 0. The molecule has 2 aromatic carbocycles. The van der Waals surface area contributed by atoms with Crippen molar-refractivity contribution in [1.29, 1.82) is 0 Å². The Labute approximate surface area is 114 Å². The van der Waals surface area contributed by atoms with Crippen molar-refractivity contribution in [2.24, 2.45) is 0 Å². The van der Waals surface area contributed by atoms with Crippen molar-refractivity contribution in [3.8, 4) is 11.1 Å². The van der Waals surface area contributed by atoms with Gasteiger partial charge in [-0.05, 0) is 54.6 Å². The van der Waals surface area contributed by atoms with Crippen molar-refractivity contribution in [3.63, 3.8) is 0 Å². The van der Waals surface area contributed by atoms with Gasteiger partial charge in [-0.3, -0.25) is 0 Å². The largest absolute Gasteiger partial charge is 0.398 e.